The van der Waals surface area contributed by atoms with E-state index in [4.69, 9.17) is 0 Å². The van der Waals surface area contributed by atoms with Crippen molar-refractivity contribution >= 4 is 38.9 Å². The molecule has 2 aromatic rings. The third-order valence-corrected chi connectivity index (χ3v) is 7.17. The highest BCUT2D eigenvalue weighted by Crippen LogP contribution is 2.29. The van der Waals surface area contributed by atoms with Crippen LogP contribution in [0.4, 0.5) is 0 Å². The van der Waals surface area contributed by atoms with Crippen molar-refractivity contribution in [2.75, 3.05) is 19.3 Å². The summed E-state index contributed by atoms with van der Waals surface area (Å²) in [5, 5.41) is 8.29. The maximum atomic E-state index is 12.9. The molecule has 0 spiro atoms. The zero-order valence-corrected chi connectivity index (χ0v) is 16.6. The van der Waals surface area contributed by atoms with Crippen molar-refractivity contribution in [2.45, 2.75) is 30.6 Å². The first-order valence-electron chi connectivity index (χ1n) is 8.53. The predicted octanol–water partition coefficient (Wildman–Crippen LogP) is 2.61. The highest BCUT2D eigenvalue weighted by atomic mass is 35.5. The molecule has 5 nitrogen and oxygen atoms in total. The van der Waals surface area contributed by atoms with Gasteiger partial charge >= 0.3 is 0 Å². The summed E-state index contributed by atoms with van der Waals surface area (Å²) in [6.45, 7) is 2.95. The minimum Gasteiger partial charge on any atom is -0.348 e. The van der Waals surface area contributed by atoms with Crippen LogP contribution in [-0.4, -0.2) is 38.4 Å². The molecule has 1 saturated heterocycles. The summed E-state index contributed by atoms with van der Waals surface area (Å²) in [7, 11) is -3.50. The van der Waals surface area contributed by atoms with Gasteiger partial charge in [0.05, 0.1) is 6.04 Å². The lowest BCUT2D eigenvalue weighted by Gasteiger charge is -2.35. The van der Waals surface area contributed by atoms with Gasteiger partial charge in [-0.05, 0) is 55.3 Å². The summed E-state index contributed by atoms with van der Waals surface area (Å²) in [6.07, 6.45) is 1.78. The number of fused-ring (bicyclic) bond motifs is 1. The number of carbonyl (C=O) groups is 1. The first-order valence-corrected chi connectivity index (χ1v) is 10.4. The van der Waals surface area contributed by atoms with Crippen LogP contribution in [0.1, 0.15) is 31.4 Å². The highest BCUT2D eigenvalue weighted by Gasteiger charge is 2.48. The Morgan fingerprint density at radius 3 is 2.35 bits per heavy atom. The van der Waals surface area contributed by atoms with Gasteiger partial charge in [0.15, 0.2) is 14.6 Å². The maximum absolute atomic E-state index is 12.9. The smallest absolute Gasteiger partial charge is 0.242 e. The quantitative estimate of drug-likeness (QED) is 0.832. The van der Waals surface area contributed by atoms with E-state index < -0.39 is 20.5 Å². The second-order valence-corrected chi connectivity index (χ2v) is 9.14. The standard InChI is InChI=1S/C19H24N2O3S.ClH/c1-14(16-8-7-15-5-3-4-6-17(15)13-16)21-18(22)19(25(2,23)24)9-11-20-12-10-19;/h3-8,13-14,20H,9-12H2,1-2H3,(H,21,22);1H. The number of sulfone groups is 1. The molecule has 1 atom stereocenters. The first-order chi connectivity index (χ1) is 11.8. The molecule has 0 bridgehead atoms. The van der Waals surface area contributed by atoms with E-state index in [-0.39, 0.29) is 18.4 Å². The SMILES string of the molecule is CC(NC(=O)C1(S(C)(=O)=O)CCNCC1)c1ccc2ccccc2c1.Cl. The Morgan fingerprint density at radius 2 is 1.73 bits per heavy atom. The Kier molecular flexibility index (Phi) is 6.32. The van der Waals surface area contributed by atoms with E-state index in [0.29, 0.717) is 25.9 Å². The Balaban J connectivity index is 0.00000243. The van der Waals surface area contributed by atoms with Gasteiger partial charge in [0.25, 0.3) is 0 Å². The molecule has 0 saturated carbocycles. The molecule has 0 aromatic heterocycles. The summed E-state index contributed by atoms with van der Waals surface area (Å²) >= 11 is 0. The van der Waals surface area contributed by atoms with Crippen LogP contribution in [0.15, 0.2) is 42.5 Å². The van der Waals surface area contributed by atoms with Gasteiger partial charge in [0, 0.05) is 6.26 Å². The fourth-order valence-corrected chi connectivity index (χ4v) is 4.83. The van der Waals surface area contributed by atoms with Gasteiger partial charge in [-0.1, -0.05) is 36.4 Å². The number of hydrogen-bond donors (Lipinski definition) is 2. The van der Waals surface area contributed by atoms with E-state index in [9.17, 15) is 13.2 Å². The molecular formula is C19H25ClN2O3S. The molecule has 1 unspecified atom stereocenters. The Bertz CT molecular complexity index is 893. The van der Waals surface area contributed by atoms with Crippen molar-refractivity contribution in [3.8, 4) is 0 Å². The van der Waals surface area contributed by atoms with Crippen molar-refractivity contribution in [3.05, 3.63) is 48.0 Å². The molecule has 1 aliphatic heterocycles. The molecule has 1 amide bonds. The van der Waals surface area contributed by atoms with Crippen LogP contribution >= 0.6 is 12.4 Å². The van der Waals surface area contributed by atoms with E-state index in [0.717, 1.165) is 16.3 Å². The van der Waals surface area contributed by atoms with E-state index in [1.165, 1.54) is 6.26 Å². The van der Waals surface area contributed by atoms with Crippen LogP contribution in [0.25, 0.3) is 10.8 Å². The van der Waals surface area contributed by atoms with Crippen molar-refractivity contribution in [3.63, 3.8) is 0 Å². The van der Waals surface area contributed by atoms with Crippen molar-refractivity contribution < 1.29 is 13.2 Å². The minimum absolute atomic E-state index is 0. The van der Waals surface area contributed by atoms with Crippen LogP contribution in [-0.2, 0) is 14.6 Å². The molecule has 7 heteroatoms. The van der Waals surface area contributed by atoms with Gasteiger partial charge in [-0.15, -0.1) is 12.4 Å². The van der Waals surface area contributed by atoms with Crippen LogP contribution in [0, 0.1) is 0 Å². The summed E-state index contributed by atoms with van der Waals surface area (Å²) in [6, 6.07) is 13.8. The average Bonchev–Trinajstić information content (AvgIpc) is 2.60. The van der Waals surface area contributed by atoms with Gasteiger partial charge in [-0.2, -0.15) is 0 Å². The minimum atomic E-state index is -3.50. The van der Waals surface area contributed by atoms with Gasteiger partial charge in [0.2, 0.25) is 5.91 Å². The van der Waals surface area contributed by atoms with E-state index in [1.807, 2.05) is 49.4 Å². The summed E-state index contributed by atoms with van der Waals surface area (Å²) in [4.78, 5) is 12.9. The molecule has 2 aromatic carbocycles. The molecule has 3 rings (SSSR count). The zero-order valence-electron chi connectivity index (χ0n) is 15.0. The molecule has 2 N–H and O–H groups in total. The highest BCUT2D eigenvalue weighted by molar-refractivity contribution is 7.92. The summed E-state index contributed by atoms with van der Waals surface area (Å²) in [5.41, 5.74) is 0.963. The largest absolute Gasteiger partial charge is 0.348 e. The fourth-order valence-electron chi connectivity index (χ4n) is 3.49. The fraction of sp³-hybridized carbons (Fsp3) is 0.421. The number of hydrogen-bond acceptors (Lipinski definition) is 4. The van der Waals surface area contributed by atoms with Crippen LogP contribution in [0.5, 0.6) is 0 Å². The second-order valence-electron chi connectivity index (χ2n) is 6.82. The van der Waals surface area contributed by atoms with Crippen LogP contribution in [0.3, 0.4) is 0 Å². The Labute approximate surface area is 160 Å². The molecule has 1 fully saturated rings. The van der Waals surface area contributed by atoms with Gasteiger partial charge in [-0.25, -0.2) is 8.42 Å². The normalized spacial score (nSPS) is 17.9. The topological polar surface area (TPSA) is 75.3 Å². The third kappa shape index (κ3) is 3.87. The molecule has 1 aliphatic rings. The number of piperidine rings is 1. The molecular weight excluding hydrogens is 372 g/mol. The Morgan fingerprint density at radius 1 is 1.12 bits per heavy atom. The summed E-state index contributed by atoms with van der Waals surface area (Å²) in [5.74, 6) is -0.392. The average molecular weight is 397 g/mol. The van der Waals surface area contributed by atoms with E-state index >= 15 is 0 Å². The summed E-state index contributed by atoms with van der Waals surface area (Å²) < 4.78 is 23.4. The lowest BCUT2D eigenvalue weighted by Crippen LogP contribution is -2.57. The van der Waals surface area contributed by atoms with Gasteiger partial charge in [-0.3, -0.25) is 4.79 Å². The molecule has 26 heavy (non-hydrogen) atoms. The van der Waals surface area contributed by atoms with Crippen LogP contribution in [0.2, 0.25) is 0 Å². The van der Waals surface area contributed by atoms with Crippen LogP contribution < -0.4 is 10.6 Å². The third-order valence-electron chi connectivity index (χ3n) is 5.16. The van der Waals surface area contributed by atoms with Gasteiger partial charge < -0.3 is 10.6 Å². The molecule has 0 radical (unpaired) electrons. The van der Waals surface area contributed by atoms with E-state index in [2.05, 4.69) is 10.6 Å². The zero-order chi connectivity index (χ0) is 18.1. The predicted molar refractivity (Wildman–Crippen MR) is 107 cm³/mol. The number of benzene rings is 2. The first kappa shape index (κ1) is 20.7. The number of amides is 1. The number of nitrogens with one attached hydrogen (secondary N) is 2. The van der Waals surface area contributed by atoms with Crippen molar-refractivity contribution in [1.82, 2.24) is 10.6 Å². The lowest BCUT2D eigenvalue weighted by molar-refractivity contribution is -0.125. The monoisotopic (exact) mass is 396 g/mol. The lowest BCUT2D eigenvalue weighted by atomic mass is 9.94. The number of rotatable bonds is 4. The maximum Gasteiger partial charge on any atom is 0.242 e. The molecule has 1 heterocycles. The molecule has 142 valence electrons. The van der Waals surface area contributed by atoms with Gasteiger partial charge in [0.1, 0.15) is 0 Å². The molecule has 0 aliphatic carbocycles. The number of halogens is 1. The van der Waals surface area contributed by atoms with Crippen molar-refractivity contribution in [2.24, 2.45) is 0 Å². The Hall–Kier alpha value is -1.63. The van der Waals surface area contributed by atoms with Crippen molar-refractivity contribution in [1.29, 1.82) is 0 Å². The second kappa shape index (κ2) is 7.94. The number of carbonyl (C=O) groups excluding carboxylic acids is 1. The van der Waals surface area contributed by atoms with E-state index in [1.54, 1.807) is 0 Å².